The van der Waals surface area contributed by atoms with Crippen LogP contribution in [-0.4, -0.2) is 45.2 Å². The molecule has 3 aromatic carbocycles. The minimum Gasteiger partial charge on any atom is -0.507 e. The average molecular weight is 575 g/mol. The lowest BCUT2D eigenvalue weighted by molar-refractivity contribution is -0.116. The van der Waals surface area contributed by atoms with E-state index in [-0.39, 0.29) is 23.0 Å². The molecular weight excluding hydrogens is 544 g/mol. The van der Waals surface area contributed by atoms with Crippen LogP contribution in [0, 0.1) is 5.41 Å². The molecule has 2 N–H and O–H groups in total. The van der Waals surface area contributed by atoms with Crippen LogP contribution in [0.3, 0.4) is 0 Å². The molecule has 0 amide bonds. The highest BCUT2D eigenvalue weighted by Crippen LogP contribution is 2.51. The molecule has 0 unspecified atom stereocenters. The van der Waals surface area contributed by atoms with Crippen LogP contribution in [0.4, 0.5) is 5.69 Å². The Kier molecular flexibility index (Phi) is 7.94. The predicted molar refractivity (Wildman–Crippen MR) is 159 cm³/mol. The third kappa shape index (κ3) is 4.89. The molecule has 212 valence electrons. The quantitative estimate of drug-likeness (QED) is 0.295. The Morgan fingerprint density at radius 2 is 1.59 bits per heavy atom. The highest BCUT2D eigenvalue weighted by molar-refractivity contribution is 6.34. The molecule has 9 heteroatoms. The Balaban J connectivity index is 1.86. The first-order chi connectivity index (χ1) is 19.8. The Bertz CT molecular complexity index is 1550. The zero-order valence-electron chi connectivity index (χ0n) is 23.3. The van der Waals surface area contributed by atoms with Gasteiger partial charge in [0.15, 0.2) is 17.3 Å². The van der Waals surface area contributed by atoms with E-state index in [1.54, 1.807) is 54.5 Å². The molecule has 0 saturated carbocycles. The molecule has 1 aliphatic heterocycles. The summed E-state index contributed by atoms with van der Waals surface area (Å²) in [6, 6.07) is 17.6. The van der Waals surface area contributed by atoms with Crippen molar-refractivity contribution in [2.45, 2.75) is 25.2 Å². The van der Waals surface area contributed by atoms with E-state index in [1.807, 2.05) is 18.2 Å². The van der Waals surface area contributed by atoms with Gasteiger partial charge in [0.2, 0.25) is 5.75 Å². The van der Waals surface area contributed by atoms with E-state index >= 15 is 0 Å². The first-order valence-electron chi connectivity index (χ1n) is 13.1. The van der Waals surface area contributed by atoms with Gasteiger partial charge in [0, 0.05) is 34.7 Å². The van der Waals surface area contributed by atoms with Crippen LogP contribution in [0.5, 0.6) is 23.0 Å². The number of Topliss-reactive ketones (excluding diaryl/α,β-unsaturated/α-hetero) is 1. The number of hydrogen-bond donors (Lipinski definition) is 2. The molecule has 0 radical (unpaired) electrons. The van der Waals surface area contributed by atoms with Crippen molar-refractivity contribution in [3.05, 3.63) is 93.7 Å². The van der Waals surface area contributed by atoms with E-state index in [9.17, 15) is 15.3 Å². The lowest BCUT2D eigenvalue weighted by atomic mass is 9.73. The van der Waals surface area contributed by atoms with Gasteiger partial charge in [-0.15, -0.1) is 0 Å². The molecule has 1 aliphatic carbocycles. The maximum Gasteiger partial charge on any atom is 0.203 e. The van der Waals surface area contributed by atoms with Crippen LogP contribution in [-0.2, 0) is 4.79 Å². The van der Waals surface area contributed by atoms with Crippen LogP contribution >= 0.6 is 11.6 Å². The molecule has 41 heavy (non-hydrogen) atoms. The molecule has 0 fully saturated rings. The molecular formula is C32H31ClN2O6. The number of hydrogen-bond acceptors (Lipinski definition) is 7. The van der Waals surface area contributed by atoms with Gasteiger partial charge >= 0.3 is 0 Å². The number of aliphatic hydroxyl groups is 1. The van der Waals surface area contributed by atoms with Crippen LogP contribution in [0.25, 0.3) is 5.76 Å². The number of allylic oxidation sites excluding steroid dienone is 2. The van der Waals surface area contributed by atoms with E-state index in [0.29, 0.717) is 75.4 Å². The van der Waals surface area contributed by atoms with Gasteiger partial charge in [0.1, 0.15) is 17.3 Å². The molecule has 5 rings (SSSR count). The number of nitrogens with zero attached hydrogens (tertiary/aromatic N) is 1. The number of nitrogens with one attached hydrogen (secondary N) is 1. The number of anilines is 1. The Morgan fingerprint density at radius 3 is 2.17 bits per heavy atom. The fourth-order valence-corrected chi connectivity index (χ4v) is 5.82. The third-order valence-corrected chi connectivity index (χ3v) is 7.81. The maximum absolute atomic E-state index is 13.8. The number of amidine groups is 1. The Morgan fingerprint density at radius 1 is 0.927 bits per heavy atom. The second-order valence-corrected chi connectivity index (χ2v) is 10.1. The van der Waals surface area contributed by atoms with Gasteiger partial charge < -0.3 is 24.1 Å². The maximum atomic E-state index is 13.8. The average Bonchev–Trinajstić information content (AvgIpc) is 3.00. The SMILES string of the molecule is COc1ccc(C(O)=C2C(=N)N(c3ccccc3Cl)C3=C(C(=O)CCC3)[C@H]2c2cc(OC)c(OC)c(OC)c2)cc1. The fourth-order valence-electron chi connectivity index (χ4n) is 5.60. The Labute approximate surface area is 243 Å². The number of ether oxygens (including phenoxy) is 4. The molecule has 0 bridgehead atoms. The summed E-state index contributed by atoms with van der Waals surface area (Å²) < 4.78 is 22.1. The summed E-state index contributed by atoms with van der Waals surface area (Å²) in [6.45, 7) is 0. The molecule has 0 aromatic heterocycles. The number of carbonyl (C=O) groups excluding carboxylic acids is 1. The molecule has 2 aliphatic rings. The summed E-state index contributed by atoms with van der Waals surface area (Å²) in [5, 5.41) is 21.9. The third-order valence-electron chi connectivity index (χ3n) is 7.49. The van der Waals surface area contributed by atoms with Gasteiger partial charge in [-0.05, 0) is 66.9 Å². The van der Waals surface area contributed by atoms with Crippen molar-refractivity contribution in [3.63, 3.8) is 0 Å². The number of benzene rings is 3. The van der Waals surface area contributed by atoms with E-state index in [0.717, 1.165) is 0 Å². The first-order valence-corrected chi connectivity index (χ1v) is 13.5. The second kappa shape index (κ2) is 11.6. The highest BCUT2D eigenvalue weighted by atomic mass is 35.5. The molecule has 1 heterocycles. The molecule has 0 spiro atoms. The summed E-state index contributed by atoms with van der Waals surface area (Å²) in [5.74, 6) is 0.839. The van der Waals surface area contributed by atoms with Crippen LogP contribution in [0.15, 0.2) is 77.5 Å². The number of para-hydroxylation sites is 1. The van der Waals surface area contributed by atoms with Crippen molar-refractivity contribution >= 4 is 34.7 Å². The van der Waals surface area contributed by atoms with E-state index in [4.69, 9.17) is 30.5 Å². The number of aliphatic hydroxyl groups excluding tert-OH is 1. The van der Waals surface area contributed by atoms with Gasteiger partial charge in [-0.2, -0.15) is 0 Å². The minimum absolute atomic E-state index is 0.0126. The van der Waals surface area contributed by atoms with Crippen molar-refractivity contribution in [2.75, 3.05) is 33.3 Å². The van der Waals surface area contributed by atoms with E-state index < -0.39 is 5.92 Å². The van der Waals surface area contributed by atoms with Gasteiger partial charge in [-0.3, -0.25) is 15.1 Å². The van der Waals surface area contributed by atoms with Crippen molar-refractivity contribution in [3.8, 4) is 23.0 Å². The monoisotopic (exact) mass is 574 g/mol. The summed E-state index contributed by atoms with van der Waals surface area (Å²) in [6.07, 6.45) is 1.55. The van der Waals surface area contributed by atoms with Gasteiger partial charge in [0.05, 0.1) is 39.1 Å². The normalized spacial score (nSPS) is 18.2. The molecule has 1 atom stereocenters. The zero-order chi connectivity index (χ0) is 29.3. The molecule has 0 saturated heterocycles. The summed E-state index contributed by atoms with van der Waals surface area (Å²) in [7, 11) is 6.12. The zero-order valence-corrected chi connectivity index (χ0v) is 24.0. The van der Waals surface area contributed by atoms with Gasteiger partial charge in [-0.1, -0.05) is 23.7 Å². The standard InChI is InChI=1S/C32H31ClN2O6/c1-38-20-14-12-18(13-15-20)30(37)29-27(19-16-25(39-2)31(41-4)26(17-19)40-3)28-23(10-7-11-24(28)36)35(32(29)34)22-9-6-5-8-21(22)33/h5-6,8-9,12-17,27,34,37H,7,10-11H2,1-4H3/t27-/m1/s1. The lowest BCUT2D eigenvalue weighted by Gasteiger charge is -2.42. The van der Waals surface area contributed by atoms with Crippen LogP contribution in [0.2, 0.25) is 5.02 Å². The van der Waals surface area contributed by atoms with Gasteiger partial charge in [-0.25, -0.2) is 0 Å². The first kappa shape index (κ1) is 28.1. The Hall–Kier alpha value is -4.43. The number of halogens is 1. The lowest BCUT2D eigenvalue weighted by Crippen LogP contribution is -2.42. The number of ketones is 1. The summed E-state index contributed by atoms with van der Waals surface area (Å²) in [4.78, 5) is 15.5. The van der Waals surface area contributed by atoms with Crippen molar-refractivity contribution in [1.29, 1.82) is 5.41 Å². The highest BCUT2D eigenvalue weighted by Gasteiger charge is 2.44. The fraction of sp³-hybridized carbons (Fsp3) is 0.250. The van der Waals surface area contributed by atoms with Crippen molar-refractivity contribution < 1.29 is 28.8 Å². The van der Waals surface area contributed by atoms with Crippen LogP contribution < -0.4 is 23.8 Å². The summed E-state index contributed by atoms with van der Waals surface area (Å²) >= 11 is 6.65. The largest absolute Gasteiger partial charge is 0.507 e. The molecule has 8 nitrogen and oxygen atoms in total. The summed E-state index contributed by atoms with van der Waals surface area (Å²) in [5.41, 5.74) is 3.07. The second-order valence-electron chi connectivity index (χ2n) is 9.65. The van der Waals surface area contributed by atoms with Crippen molar-refractivity contribution in [2.24, 2.45) is 0 Å². The van der Waals surface area contributed by atoms with Crippen molar-refractivity contribution in [1.82, 2.24) is 0 Å². The van der Waals surface area contributed by atoms with Gasteiger partial charge in [0.25, 0.3) is 0 Å². The smallest absolute Gasteiger partial charge is 0.203 e. The van der Waals surface area contributed by atoms with Crippen LogP contribution in [0.1, 0.15) is 36.3 Å². The number of carbonyl (C=O) groups is 1. The number of methoxy groups -OCH3 is 4. The molecule has 3 aromatic rings. The number of rotatable bonds is 7. The topological polar surface area (TPSA) is 101 Å². The predicted octanol–water partition coefficient (Wildman–Crippen LogP) is 6.93. The van der Waals surface area contributed by atoms with E-state index in [1.165, 1.54) is 21.3 Å². The minimum atomic E-state index is -0.792. The van der Waals surface area contributed by atoms with E-state index in [2.05, 4.69) is 0 Å².